The molecule has 0 heterocycles. The van der Waals surface area contributed by atoms with Crippen molar-refractivity contribution in [2.75, 3.05) is 5.32 Å². The fourth-order valence-corrected chi connectivity index (χ4v) is 4.70. The van der Waals surface area contributed by atoms with Gasteiger partial charge < -0.3 is 10.1 Å². The van der Waals surface area contributed by atoms with Crippen molar-refractivity contribution in [3.8, 4) is 11.8 Å². The SMILES string of the molecule is N#C/C(=C\c1cc(Br)cc(Br)c1OCc1ccc(Cl)cc1Cl)C(=O)Nc1ccccc1Cl. The number of anilines is 1. The molecule has 9 heteroatoms. The number of hydrogen-bond acceptors (Lipinski definition) is 3. The summed E-state index contributed by atoms with van der Waals surface area (Å²) in [7, 11) is 0. The Labute approximate surface area is 217 Å². The fourth-order valence-electron chi connectivity index (χ4n) is 2.68. The molecule has 32 heavy (non-hydrogen) atoms. The zero-order valence-electron chi connectivity index (χ0n) is 16.1. The Kier molecular flexibility index (Phi) is 8.64. The first kappa shape index (κ1) is 24.6. The zero-order chi connectivity index (χ0) is 23.3. The number of para-hydroxylation sites is 1. The largest absolute Gasteiger partial charge is 0.487 e. The number of nitriles is 1. The molecule has 0 fully saturated rings. The minimum atomic E-state index is -0.594. The second kappa shape index (κ2) is 11.2. The molecule has 0 spiro atoms. The van der Waals surface area contributed by atoms with E-state index >= 15 is 0 Å². The molecular formula is C23H13Br2Cl3N2O2. The molecule has 0 aromatic heterocycles. The third kappa shape index (κ3) is 6.28. The first-order valence-electron chi connectivity index (χ1n) is 9.02. The fraction of sp³-hybridized carbons (Fsp3) is 0.0435. The van der Waals surface area contributed by atoms with E-state index in [0.717, 1.165) is 10.0 Å². The monoisotopic (exact) mass is 612 g/mol. The molecule has 3 aromatic carbocycles. The normalized spacial score (nSPS) is 11.1. The predicted octanol–water partition coefficient (Wildman–Crippen LogP) is 8.30. The number of ether oxygens (including phenoxy) is 1. The van der Waals surface area contributed by atoms with Gasteiger partial charge >= 0.3 is 0 Å². The molecule has 0 aliphatic carbocycles. The molecule has 1 N–H and O–H groups in total. The van der Waals surface area contributed by atoms with Crippen molar-refractivity contribution in [3.05, 3.63) is 95.3 Å². The summed E-state index contributed by atoms with van der Waals surface area (Å²) in [6, 6.07) is 17.4. The average molecular weight is 616 g/mol. The number of nitrogens with zero attached hydrogens (tertiary/aromatic N) is 1. The molecular weight excluding hydrogens is 602 g/mol. The lowest BCUT2D eigenvalue weighted by molar-refractivity contribution is -0.112. The summed E-state index contributed by atoms with van der Waals surface area (Å²) in [4.78, 5) is 12.7. The summed E-state index contributed by atoms with van der Waals surface area (Å²) in [6.45, 7) is 0.158. The van der Waals surface area contributed by atoms with E-state index in [9.17, 15) is 10.1 Å². The van der Waals surface area contributed by atoms with Crippen LogP contribution in [0.2, 0.25) is 15.1 Å². The van der Waals surface area contributed by atoms with Crippen LogP contribution in [0.25, 0.3) is 6.08 Å². The summed E-state index contributed by atoms with van der Waals surface area (Å²) in [5, 5.41) is 13.6. The maximum atomic E-state index is 12.7. The highest BCUT2D eigenvalue weighted by molar-refractivity contribution is 9.11. The van der Waals surface area contributed by atoms with E-state index < -0.39 is 5.91 Å². The van der Waals surface area contributed by atoms with E-state index in [-0.39, 0.29) is 12.2 Å². The summed E-state index contributed by atoms with van der Waals surface area (Å²) < 4.78 is 7.35. The number of hydrogen-bond donors (Lipinski definition) is 1. The Hall–Kier alpha value is -2.01. The van der Waals surface area contributed by atoms with Crippen LogP contribution in [0.1, 0.15) is 11.1 Å². The maximum Gasteiger partial charge on any atom is 0.266 e. The Morgan fingerprint density at radius 1 is 1.06 bits per heavy atom. The highest BCUT2D eigenvalue weighted by Gasteiger charge is 2.15. The van der Waals surface area contributed by atoms with Gasteiger partial charge in [-0.2, -0.15) is 5.26 Å². The van der Waals surface area contributed by atoms with Crippen LogP contribution < -0.4 is 10.1 Å². The van der Waals surface area contributed by atoms with Crippen molar-refractivity contribution in [1.29, 1.82) is 5.26 Å². The van der Waals surface area contributed by atoms with Crippen LogP contribution in [0.5, 0.6) is 5.75 Å². The summed E-state index contributed by atoms with van der Waals surface area (Å²) in [5.74, 6) is -0.152. The second-order valence-electron chi connectivity index (χ2n) is 6.43. The minimum absolute atomic E-state index is 0.121. The lowest BCUT2D eigenvalue weighted by Crippen LogP contribution is -2.13. The van der Waals surface area contributed by atoms with Gasteiger partial charge in [0.05, 0.1) is 15.2 Å². The number of halogens is 5. The second-order valence-corrected chi connectivity index (χ2v) is 9.46. The molecule has 162 valence electrons. The maximum absolute atomic E-state index is 12.7. The number of rotatable bonds is 6. The van der Waals surface area contributed by atoms with Crippen molar-refractivity contribution in [1.82, 2.24) is 0 Å². The van der Waals surface area contributed by atoms with Gasteiger partial charge in [-0.05, 0) is 58.4 Å². The first-order valence-corrected chi connectivity index (χ1v) is 11.7. The molecule has 0 saturated carbocycles. The van der Waals surface area contributed by atoms with Crippen LogP contribution in [0.15, 0.2) is 69.1 Å². The molecule has 0 unspecified atom stereocenters. The Bertz CT molecular complexity index is 1260. The van der Waals surface area contributed by atoms with E-state index in [2.05, 4.69) is 37.2 Å². The van der Waals surface area contributed by atoms with Gasteiger partial charge in [-0.25, -0.2) is 0 Å². The minimum Gasteiger partial charge on any atom is -0.487 e. The van der Waals surface area contributed by atoms with Gasteiger partial charge in [0, 0.05) is 25.6 Å². The van der Waals surface area contributed by atoms with Crippen molar-refractivity contribution in [2.24, 2.45) is 0 Å². The van der Waals surface area contributed by atoms with Gasteiger partial charge in [-0.3, -0.25) is 4.79 Å². The smallest absolute Gasteiger partial charge is 0.266 e. The average Bonchev–Trinajstić information content (AvgIpc) is 2.74. The molecule has 1 amide bonds. The molecule has 0 saturated heterocycles. The molecule has 0 bridgehead atoms. The van der Waals surface area contributed by atoms with E-state index in [1.165, 1.54) is 6.08 Å². The molecule has 3 aromatic rings. The van der Waals surface area contributed by atoms with Gasteiger partial charge in [0.15, 0.2) is 0 Å². The van der Waals surface area contributed by atoms with Gasteiger partial charge in [0.1, 0.15) is 24.0 Å². The number of carbonyl (C=O) groups excluding carboxylic acids is 1. The van der Waals surface area contributed by atoms with Crippen LogP contribution in [-0.2, 0) is 11.4 Å². The van der Waals surface area contributed by atoms with E-state index in [4.69, 9.17) is 39.5 Å². The number of benzene rings is 3. The molecule has 0 aliphatic heterocycles. The van der Waals surface area contributed by atoms with E-state index in [1.54, 1.807) is 54.6 Å². The van der Waals surface area contributed by atoms with Crippen LogP contribution in [0, 0.1) is 11.3 Å². The van der Waals surface area contributed by atoms with Crippen LogP contribution >= 0.6 is 66.7 Å². The van der Waals surface area contributed by atoms with E-state index in [0.29, 0.717) is 36.5 Å². The van der Waals surface area contributed by atoms with Crippen LogP contribution in [0.4, 0.5) is 5.69 Å². The zero-order valence-corrected chi connectivity index (χ0v) is 21.6. The van der Waals surface area contributed by atoms with Crippen LogP contribution in [0.3, 0.4) is 0 Å². The van der Waals surface area contributed by atoms with Gasteiger partial charge in [-0.1, -0.05) is 68.9 Å². The van der Waals surface area contributed by atoms with Gasteiger partial charge in [0.2, 0.25) is 0 Å². The molecule has 0 atom stereocenters. The highest BCUT2D eigenvalue weighted by atomic mass is 79.9. The summed E-state index contributed by atoms with van der Waals surface area (Å²) in [5.41, 5.74) is 1.54. The lowest BCUT2D eigenvalue weighted by Gasteiger charge is -2.14. The number of amides is 1. The predicted molar refractivity (Wildman–Crippen MR) is 136 cm³/mol. The van der Waals surface area contributed by atoms with E-state index in [1.807, 2.05) is 6.07 Å². The molecule has 4 nitrogen and oxygen atoms in total. The standard InChI is InChI=1S/C23H13Br2Cl3N2O2/c24-16-8-14(7-15(11-29)23(31)30-21-4-2-1-3-19(21)27)22(18(25)9-16)32-12-13-5-6-17(26)10-20(13)28/h1-10H,12H2,(H,30,31)/b15-7+. The topological polar surface area (TPSA) is 62.1 Å². The Balaban J connectivity index is 1.91. The quantitative estimate of drug-likeness (QED) is 0.224. The molecule has 3 rings (SSSR count). The Morgan fingerprint density at radius 2 is 1.81 bits per heavy atom. The van der Waals surface area contributed by atoms with Crippen molar-refractivity contribution in [3.63, 3.8) is 0 Å². The first-order chi connectivity index (χ1) is 15.3. The van der Waals surface area contributed by atoms with Crippen LogP contribution in [-0.4, -0.2) is 5.91 Å². The van der Waals surface area contributed by atoms with Crippen molar-refractivity contribution in [2.45, 2.75) is 6.61 Å². The summed E-state index contributed by atoms with van der Waals surface area (Å²) >= 11 is 25.2. The van der Waals surface area contributed by atoms with Gasteiger partial charge in [-0.15, -0.1) is 0 Å². The van der Waals surface area contributed by atoms with Gasteiger partial charge in [0.25, 0.3) is 5.91 Å². The molecule has 0 aliphatic rings. The number of carbonyl (C=O) groups is 1. The van der Waals surface area contributed by atoms with Crippen molar-refractivity contribution >= 4 is 84.3 Å². The molecule has 0 radical (unpaired) electrons. The Morgan fingerprint density at radius 3 is 2.50 bits per heavy atom. The van der Waals surface area contributed by atoms with Crippen molar-refractivity contribution < 1.29 is 9.53 Å². The lowest BCUT2D eigenvalue weighted by atomic mass is 10.1. The third-order valence-electron chi connectivity index (χ3n) is 4.21. The highest BCUT2D eigenvalue weighted by Crippen LogP contribution is 2.35. The number of nitrogens with one attached hydrogen (secondary N) is 1. The summed E-state index contributed by atoms with van der Waals surface area (Å²) in [6.07, 6.45) is 1.44. The third-order valence-corrected chi connectivity index (χ3v) is 6.17.